The summed E-state index contributed by atoms with van der Waals surface area (Å²) in [5.74, 6) is -1.89. The summed E-state index contributed by atoms with van der Waals surface area (Å²) < 4.78 is 25.9. The molecule has 0 bridgehead atoms. The Kier molecular flexibility index (Phi) is 3.57. The maximum Gasteiger partial charge on any atom is 0.248 e. The molecule has 0 atom stereocenters. The third-order valence-electron chi connectivity index (χ3n) is 3.52. The van der Waals surface area contributed by atoms with Crippen LogP contribution in [0.25, 0.3) is 0 Å². The summed E-state index contributed by atoms with van der Waals surface area (Å²) in [4.78, 5) is 0. The SMILES string of the molecule is FC1(F)CCC(CCc2ccccc2)CC1. The third kappa shape index (κ3) is 3.29. The molecule has 0 amide bonds. The van der Waals surface area contributed by atoms with Crippen LogP contribution in [0.15, 0.2) is 30.3 Å². The Hall–Kier alpha value is -0.920. The predicted molar refractivity (Wildman–Crippen MR) is 61.7 cm³/mol. The molecule has 1 aliphatic carbocycles. The number of alkyl halides is 2. The van der Waals surface area contributed by atoms with Gasteiger partial charge in [0, 0.05) is 12.8 Å². The van der Waals surface area contributed by atoms with Crippen LogP contribution in [0, 0.1) is 5.92 Å². The van der Waals surface area contributed by atoms with Gasteiger partial charge in [-0.1, -0.05) is 30.3 Å². The zero-order valence-corrected chi connectivity index (χ0v) is 9.46. The molecular weight excluding hydrogens is 206 g/mol. The average molecular weight is 224 g/mol. The van der Waals surface area contributed by atoms with Crippen LogP contribution in [0.3, 0.4) is 0 Å². The number of hydrogen-bond acceptors (Lipinski definition) is 0. The first kappa shape index (κ1) is 11.6. The fourth-order valence-electron chi connectivity index (χ4n) is 2.40. The Morgan fingerprint density at radius 1 is 1.06 bits per heavy atom. The molecule has 1 saturated carbocycles. The molecule has 0 N–H and O–H groups in total. The molecule has 88 valence electrons. The zero-order chi connectivity index (χ0) is 11.4. The zero-order valence-electron chi connectivity index (χ0n) is 9.46. The van der Waals surface area contributed by atoms with Gasteiger partial charge in [-0.25, -0.2) is 8.78 Å². The van der Waals surface area contributed by atoms with Crippen molar-refractivity contribution >= 4 is 0 Å². The Labute approximate surface area is 95.7 Å². The van der Waals surface area contributed by atoms with E-state index in [9.17, 15) is 8.78 Å². The fraction of sp³-hybridized carbons (Fsp3) is 0.571. The molecule has 2 heteroatoms. The first-order valence-electron chi connectivity index (χ1n) is 6.07. The Bertz CT molecular complexity index is 309. The van der Waals surface area contributed by atoms with E-state index in [-0.39, 0.29) is 12.8 Å². The summed E-state index contributed by atoms with van der Waals surface area (Å²) in [7, 11) is 0. The number of rotatable bonds is 3. The van der Waals surface area contributed by atoms with Crippen LogP contribution in [0.4, 0.5) is 8.78 Å². The van der Waals surface area contributed by atoms with Crippen molar-refractivity contribution in [2.75, 3.05) is 0 Å². The van der Waals surface area contributed by atoms with Gasteiger partial charge in [0.2, 0.25) is 5.92 Å². The van der Waals surface area contributed by atoms with E-state index in [0.29, 0.717) is 18.8 Å². The van der Waals surface area contributed by atoms with E-state index in [0.717, 1.165) is 12.8 Å². The van der Waals surface area contributed by atoms with Crippen molar-refractivity contribution in [1.82, 2.24) is 0 Å². The number of benzene rings is 1. The number of aryl methyl sites for hydroxylation is 1. The molecule has 16 heavy (non-hydrogen) atoms. The summed E-state index contributed by atoms with van der Waals surface area (Å²) in [6.45, 7) is 0. The summed E-state index contributed by atoms with van der Waals surface area (Å²) in [5, 5.41) is 0. The molecule has 2 rings (SSSR count). The molecule has 0 aromatic heterocycles. The smallest absolute Gasteiger partial charge is 0.207 e. The van der Waals surface area contributed by atoms with Crippen LogP contribution < -0.4 is 0 Å². The highest BCUT2D eigenvalue weighted by Gasteiger charge is 2.34. The van der Waals surface area contributed by atoms with Crippen LogP contribution >= 0.6 is 0 Å². The van der Waals surface area contributed by atoms with Gasteiger partial charge >= 0.3 is 0 Å². The summed E-state index contributed by atoms with van der Waals surface area (Å²) in [6.07, 6.45) is 3.65. The Morgan fingerprint density at radius 2 is 1.69 bits per heavy atom. The quantitative estimate of drug-likeness (QED) is 0.711. The molecule has 0 aliphatic heterocycles. The van der Waals surface area contributed by atoms with Crippen LogP contribution in [0.2, 0.25) is 0 Å². The van der Waals surface area contributed by atoms with Gasteiger partial charge in [0.15, 0.2) is 0 Å². The van der Waals surface area contributed by atoms with Gasteiger partial charge in [0.1, 0.15) is 0 Å². The Balaban J connectivity index is 1.76. The first-order chi connectivity index (χ1) is 7.66. The van der Waals surface area contributed by atoms with E-state index < -0.39 is 5.92 Å². The summed E-state index contributed by atoms with van der Waals surface area (Å²) >= 11 is 0. The molecule has 0 unspecified atom stereocenters. The second-order valence-electron chi connectivity index (χ2n) is 4.82. The Morgan fingerprint density at radius 3 is 2.31 bits per heavy atom. The van der Waals surface area contributed by atoms with Crippen molar-refractivity contribution in [3.8, 4) is 0 Å². The highest BCUT2D eigenvalue weighted by Crippen LogP contribution is 2.37. The van der Waals surface area contributed by atoms with E-state index in [1.54, 1.807) is 0 Å². The molecule has 1 aromatic carbocycles. The van der Waals surface area contributed by atoms with Gasteiger partial charge in [-0.3, -0.25) is 0 Å². The lowest BCUT2D eigenvalue weighted by Gasteiger charge is -2.28. The van der Waals surface area contributed by atoms with Crippen molar-refractivity contribution in [3.05, 3.63) is 35.9 Å². The average Bonchev–Trinajstić information content (AvgIpc) is 2.29. The van der Waals surface area contributed by atoms with Crippen molar-refractivity contribution in [2.24, 2.45) is 5.92 Å². The second-order valence-corrected chi connectivity index (χ2v) is 4.82. The standard InChI is InChI=1S/C14H18F2/c15-14(16)10-8-13(9-11-14)7-6-12-4-2-1-3-5-12/h1-5,13H,6-11H2. The first-order valence-corrected chi connectivity index (χ1v) is 6.07. The van der Waals surface area contributed by atoms with E-state index in [1.807, 2.05) is 18.2 Å². The molecule has 1 aromatic rings. The minimum Gasteiger partial charge on any atom is -0.207 e. The van der Waals surface area contributed by atoms with Gasteiger partial charge in [-0.05, 0) is 37.2 Å². The normalized spacial score (nSPS) is 20.9. The fourth-order valence-corrected chi connectivity index (χ4v) is 2.40. The summed E-state index contributed by atoms with van der Waals surface area (Å²) in [6, 6.07) is 10.3. The molecular formula is C14H18F2. The number of halogens is 2. The lowest BCUT2D eigenvalue weighted by Crippen LogP contribution is -2.24. The van der Waals surface area contributed by atoms with Gasteiger partial charge in [-0.2, -0.15) is 0 Å². The maximum atomic E-state index is 12.9. The molecule has 0 radical (unpaired) electrons. The molecule has 0 heterocycles. The van der Waals surface area contributed by atoms with E-state index in [1.165, 1.54) is 5.56 Å². The van der Waals surface area contributed by atoms with Gasteiger partial charge in [-0.15, -0.1) is 0 Å². The molecule has 1 fully saturated rings. The monoisotopic (exact) mass is 224 g/mol. The topological polar surface area (TPSA) is 0 Å². The van der Waals surface area contributed by atoms with Gasteiger partial charge < -0.3 is 0 Å². The van der Waals surface area contributed by atoms with Crippen molar-refractivity contribution in [1.29, 1.82) is 0 Å². The van der Waals surface area contributed by atoms with Crippen LogP contribution in [0.5, 0.6) is 0 Å². The molecule has 0 saturated heterocycles. The van der Waals surface area contributed by atoms with Crippen LogP contribution in [-0.4, -0.2) is 5.92 Å². The largest absolute Gasteiger partial charge is 0.248 e. The van der Waals surface area contributed by atoms with Crippen LogP contribution in [0.1, 0.15) is 37.7 Å². The minimum absolute atomic E-state index is 0.0897. The van der Waals surface area contributed by atoms with Gasteiger partial charge in [0.05, 0.1) is 0 Å². The highest BCUT2D eigenvalue weighted by molar-refractivity contribution is 5.14. The predicted octanol–water partition coefficient (Wildman–Crippen LogP) is 4.44. The van der Waals surface area contributed by atoms with E-state index >= 15 is 0 Å². The van der Waals surface area contributed by atoms with Gasteiger partial charge in [0.25, 0.3) is 0 Å². The van der Waals surface area contributed by atoms with E-state index in [4.69, 9.17) is 0 Å². The lowest BCUT2D eigenvalue weighted by atomic mass is 9.83. The second kappa shape index (κ2) is 4.94. The van der Waals surface area contributed by atoms with Crippen molar-refractivity contribution in [2.45, 2.75) is 44.4 Å². The summed E-state index contributed by atoms with van der Waals surface area (Å²) in [5.41, 5.74) is 1.32. The number of hydrogen-bond donors (Lipinski definition) is 0. The van der Waals surface area contributed by atoms with Crippen LogP contribution in [-0.2, 0) is 6.42 Å². The lowest BCUT2D eigenvalue weighted by molar-refractivity contribution is -0.0464. The van der Waals surface area contributed by atoms with Crippen molar-refractivity contribution < 1.29 is 8.78 Å². The highest BCUT2D eigenvalue weighted by atomic mass is 19.3. The maximum absolute atomic E-state index is 12.9. The molecule has 0 spiro atoms. The molecule has 0 nitrogen and oxygen atoms in total. The minimum atomic E-state index is -2.39. The van der Waals surface area contributed by atoms with E-state index in [2.05, 4.69) is 12.1 Å². The van der Waals surface area contributed by atoms with Crippen molar-refractivity contribution in [3.63, 3.8) is 0 Å². The molecule has 1 aliphatic rings. The third-order valence-corrected chi connectivity index (χ3v) is 3.52.